The maximum atomic E-state index is 4.48. The summed E-state index contributed by atoms with van der Waals surface area (Å²) in [6, 6.07) is 0. The summed E-state index contributed by atoms with van der Waals surface area (Å²) >= 11 is 7.47. The van der Waals surface area contributed by atoms with Crippen molar-refractivity contribution >= 4 is 31.9 Å². The third-order valence-electron chi connectivity index (χ3n) is 3.71. The van der Waals surface area contributed by atoms with E-state index < -0.39 is 0 Å². The van der Waals surface area contributed by atoms with Gasteiger partial charge in [-0.1, -0.05) is 35.2 Å². The average Bonchev–Trinajstić information content (AvgIpc) is 2.46. The lowest BCUT2D eigenvalue weighted by atomic mass is 9.95. The van der Waals surface area contributed by atoms with Gasteiger partial charge in [-0.15, -0.1) is 0 Å². The zero-order chi connectivity index (χ0) is 12.4. The Morgan fingerprint density at radius 2 is 2.06 bits per heavy atom. The van der Waals surface area contributed by atoms with E-state index in [4.69, 9.17) is 0 Å². The van der Waals surface area contributed by atoms with Gasteiger partial charge in [0.05, 0.1) is 15.9 Å². The topological polar surface area (TPSA) is 17.8 Å². The highest BCUT2D eigenvalue weighted by Crippen LogP contribution is 2.32. The maximum Gasteiger partial charge on any atom is 0.0738 e. The Morgan fingerprint density at radius 3 is 2.71 bits per heavy atom. The first kappa shape index (κ1) is 13.6. The highest BCUT2D eigenvalue weighted by Gasteiger charge is 2.21. The Bertz CT molecular complexity index is 387. The van der Waals surface area contributed by atoms with Gasteiger partial charge in [0, 0.05) is 11.9 Å². The fraction of sp³-hybridized carbons (Fsp3) is 0.769. The van der Waals surface area contributed by atoms with Gasteiger partial charge in [-0.3, -0.25) is 4.68 Å². The third kappa shape index (κ3) is 3.34. The molecule has 0 amide bonds. The minimum absolute atomic E-state index is 0.711. The summed E-state index contributed by atoms with van der Waals surface area (Å²) < 4.78 is 3.24. The van der Waals surface area contributed by atoms with Gasteiger partial charge in [0.25, 0.3) is 0 Å². The fourth-order valence-corrected chi connectivity index (χ4v) is 4.11. The van der Waals surface area contributed by atoms with Crippen LogP contribution in [0.5, 0.6) is 0 Å². The normalized spacial score (nSPS) is 25.9. The number of aryl methyl sites for hydroxylation is 2. The van der Waals surface area contributed by atoms with E-state index in [1.54, 1.807) is 0 Å². The first-order chi connectivity index (χ1) is 8.08. The number of hydrogen-bond donors (Lipinski definition) is 0. The van der Waals surface area contributed by atoms with Crippen LogP contribution >= 0.6 is 31.9 Å². The zero-order valence-corrected chi connectivity index (χ0v) is 13.7. The molecule has 2 rings (SSSR count). The second kappa shape index (κ2) is 5.87. The van der Waals surface area contributed by atoms with E-state index in [9.17, 15) is 0 Å². The van der Waals surface area contributed by atoms with Crippen molar-refractivity contribution in [1.29, 1.82) is 0 Å². The molecule has 0 N–H and O–H groups in total. The Kier molecular flexibility index (Phi) is 4.70. The molecule has 17 heavy (non-hydrogen) atoms. The fourth-order valence-electron chi connectivity index (χ4n) is 2.76. The summed E-state index contributed by atoms with van der Waals surface area (Å²) in [6.07, 6.45) is 7.90. The van der Waals surface area contributed by atoms with Crippen LogP contribution in [0.15, 0.2) is 4.47 Å². The predicted octanol–water partition coefficient (Wildman–Crippen LogP) is 4.38. The summed E-state index contributed by atoms with van der Waals surface area (Å²) in [5.74, 6) is 0.799. The van der Waals surface area contributed by atoms with Crippen molar-refractivity contribution in [1.82, 2.24) is 9.78 Å². The van der Waals surface area contributed by atoms with E-state index in [1.165, 1.54) is 42.3 Å². The largest absolute Gasteiger partial charge is 0.271 e. The van der Waals surface area contributed by atoms with Crippen LogP contribution in [0.2, 0.25) is 0 Å². The van der Waals surface area contributed by atoms with Gasteiger partial charge in [0.1, 0.15) is 0 Å². The van der Waals surface area contributed by atoms with Crippen molar-refractivity contribution in [2.75, 3.05) is 0 Å². The lowest BCUT2D eigenvalue weighted by Crippen LogP contribution is -2.11. The Balaban J connectivity index is 2.08. The molecule has 0 saturated heterocycles. The molecule has 2 nitrogen and oxygen atoms in total. The number of aromatic nitrogens is 2. The summed E-state index contributed by atoms with van der Waals surface area (Å²) in [6.45, 7) is 2.06. The molecule has 0 aliphatic heterocycles. The third-order valence-corrected chi connectivity index (χ3v) is 5.58. The van der Waals surface area contributed by atoms with Crippen molar-refractivity contribution in [3.63, 3.8) is 0 Å². The molecular weight excluding hydrogens is 344 g/mol. The molecular formula is C13H20Br2N2. The highest BCUT2D eigenvalue weighted by molar-refractivity contribution is 9.10. The molecule has 0 spiro atoms. The molecule has 4 heteroatoms. The van der Waals surface area contributed by atoms with Crippen LogP contribution in [0.1, 0.15) is 43.5 Å². The molecule has 96 valence electrons. The molecule has 1 heterocycles. The zero-order valence-electron chi connectivity index (χ0n) is 10.5. The van der Waals surface area contributed by atoms with E-state index in [-0.39, 0.29) is 0 Å². The molecule has 1 aliphatic rings. The van der Waals surface area contributed by atoms with E-state index in [0.717, 1.165) is 18.0 Å². The minimum Gasteiger partial charge on any atom is -0.271 e. The lowest BCUT2D eigenvalue weighted by molar-refractivity contribution is 0.449. The van der Waals surface area contributed by atoms with Gasteiger partial charge >= 0.3 is 0 Å². The van der Waals surface area contributed by atoms with Gasteiger partial charge in [-0.05, 0) is 48.0 Å². The summed E-state index contributed by atoms with van der Waals surface area (Å²) in [4.78, 5) is 0.711. The summed E-state index contributed by atoms with van der Waals surface area (Å²) in [5, 5.41) is 4.48. The highest BCUT2D eigenvalue weighted by atomic mass is 79.9. The van der Waals surface area contributed by atoms with E-state index in [0.29, 0.717) is 4.83 Å². The van der Waals surface area contributed by atoms with Crippen LogP contribution < -0.4 is 0 Å². The molecule has 2 atom stereocenters. The first-order valence-electron chi connectivity index (χ1n) is 6.40. The van der Waals surface area contributed by atoms with Crippen molar-refractivity contribution < 1.29 is 0 Å². The number of hydrogen-bond acceptors (Lipinski definition) is 1. The molecule has 1 fully saturated rings. The Hall–Kier alpha value is 0.170. The van der Waals surface area contributed by atoms with Crippen LogP contribution in [0.4, 0.5) is 0 Å². The SMILES string of the molecule is Cc1nn(C)c(CC2CCCCC(Br)C2)c1Br. The van der Waals surface area contributed by atoms with Gasteiger partial charge in [-0.25, -0.2) is 0 Å². The first-order valence-corrected chi connectivity index (χ1v) is 8.11. The van der Waals surface area contributed by atoms with Crippen LogP contribution in [-0.4, -0.2) is 14.6 Å². The predicted molar refractivity (Wildman–Crippen MR) is 78.6 cm³/mol. The second-order valence-electron chi connectivity index (χ2n) is 5.16. The smallest absolute Gasteiger partial charge is 0.0738 e. The molecule has 2 unspecified atom stereocenters. The van der Waals surface area contributed by atoms with E-state index >= 15 is 0 Å². The van der Waals surface area contributed by atoms with Crippen molar-refractivity contribution in [2.24, 2.45) is 13.0 Å². The molecule has 1 aromatic rings. The van der Waals surface area contributed by atoms with Crippen LogP contribution in [0.3, 0.4) is 0 Å². The average molecular weight is 364 g/mol. The van der Waals surface area contributed by atoms with Crippen molar-refractivity contribution in [3.05, 3.63) is 15.9 Å². The monoisotopic (exact) mass is 362 g/mol. The number of nitrogens with zero attached hydrogens (tertiary/aromatic N) is 2. The molecule has 1 aliphatic carbocycles. The van der Waals surface area contributed by atoms with Crippen LogP contribution in [-0.2, 0) is 13.5 Å². The maximum absolute atomic E-state index is 4.48. The molecule has 1 aromatic heterocycles. The molecule has 0 radical (unpaired) electrons. The van der Waals surface area contributed by atoms with Crippen molar-refractivity contribution in [2.45, 2.75) is 50.3 Å². The quantitative estimate of drug-likeness (QED) is 0.563. The van der Waals surface area contributed by atoms with Crippen molar-refractivity contribution in [3.8, 4) is 0 Å². The lowest BCUT2D eigenvalue weighted by Gasteiger charge is -2.16. The van der Waals surface area contributed by atoms with Gasteiger partial charge in [-0.2, -0.15) is 5.10 Å². The number of rotatable bonds is 2. The Labute approximate surface area is 120 Å². The molecule has 1 saturated carbocycles. The van der Waals surface area contributed by atoms with E-state index in [2.05, 4.69) is 50.9 Å². The number of halogens is 2. The number of alkyl halides is 1. The second-order valence-corrected chi connectivity index (χ2v) is 7.25. The van der Waals surface area contributed by atoms with Gasteiger partial charge < -0.3 is 0 Å². The molecule has 0 bridgehead atoms. The Morgan fingerprint density at radius 1 is 1.35 bits per heavy atom. The van der Waals surface area contributed by atoms with Gasteiger partial charge in [0.2, 0.25) is 0 Å². The minimum atomic E-state index is 0.711. The molecule has 0 aromatic carbocycles. The summed E-state index contributed by atoms with van der Waals surface area (Å²) in [7, 11) is 2.05. The standard InChI is InChI=1S/C13H20Br2N2/c1-9-13(15)12(17(2)16-9)8-10-5-3-4-6-11(14)7-10/h10-11H,3-8H2,1-2H3. The van der Waals surface area contributed by atoms with Crippen LogP contribution in [0, 0.1) is 12.8 Å². The summed E-state index contributed by atoms with van der Waals surface area (Å²) in [5.41, 5.74) is 2.46. The van der Waals surface area contributed by atoms with E-state index in [1.807, 2.05) is 4.68 Å². The van der Waals surface area contributed by atoms with Crippen LogP contribution in [0.25, 0.3) is 0 Å². The van der Waals surface area contributed by atoms with Gasteiger partial charge in [0.15, 0.2) is 0 Å².